The molecule has 0 aliphatic carbocycles. The molecule has 1 aromatic carbocycles. The van der Waals surface area contributed by atoms with Crippen molar-refractivity contribution < 1.29 is 19.2 Å². The Hall–Kier alpha value is -3.26. The Morgan fingerprint density at radius 1 is 1.24 bits per heavy atom. The average molecular weight is 362 g/mol. The minimum atomic E-state index is -0.724. The van der Waals surface area contributed by atoms with Crippen LogP contribution in [0.25, 0.3) is 6.08 Å². The largest absolute Gasteiger partial charge is 0.452 e. The van der Waals surface area contributed by atoms with Crippen molar-refractivity contribution in [2.75, 3.05) is 11.9 Å². The third-order valence-corrected chi connectivity index (χ3v) is 3.08. The number of nitro benzene ring substituents is 1. The van der Waals surface area contributed by atoms with Crippen molar-refractivity contribution in [2.24, 2.45) is 0 Å². The normalized spacial score (nSPS) is 10.4. The van der Waals surface area contributed by atoms with Gasteiger partial charge < -0.3 is 10.1 Å². The lowest BCUT2D eigenvalue weighted by molar-refractivity contribution is -0.384. The number of rotatable bonds is 6. The second-order valence-corrected chi connectivity index (χ2v) is 5.14. The highest BCUT2D eigenvalue weighted by molar-refractivity contribution is 6.30. The summed E-state index contributed by atoms with van der Waals surface area (Å²) in [5, 5.41) is 13.4. The number of nitro groups is 1. The molecular formula is C16H12ClN3O5. The summed E-state index contributed by atoms with van der Waals surface area (Å²) in [5.74, 6) is -0.989. The molecule has 0 atom stereocenters. The topological polar surface area (TPSA) is 111 Å². The van der Waals surface area contributed by atoms with Crippen LogP contribution in [0.15, 0.2) is 48.7 Å². The number of nitrogens with one attached hydrogen (secondary N) is 1. The van der Waals surface area contributed by atoms with E-state index < -0.39 is 23.4 Å². The van der Waals surface area contributed by atoms with E-state index in [1.165, 1.54) is 42.6 Å². The minimum Gasteiger partial charge on any atom is -0.452 e. The number of halogens is 1. The van der Waals surface area contributed by atoms with Crippen LogP contribution >= 0.6 is 11.6 Å². The van der Waals surface area contributed by atoms with Gasteiger partial charge in [0.25, 0.3) is 11.6 Å². The number of hydrogen-bond acceptors (Lipinski definition) is 6. The molecule has 25 heavy (non-hydrogen) atoms. The summed E-state index contributed by atoms with van der Waals surface area (Å²) in [7, 11) is 0. The monoisotopic (exact) mass is 361 g/mol. The Bertz CT molecular complexity index is 804. The number of ether oxygens (including phenoxy) is 1. The fraction of sp³-hybridized carbons (Fsp3) is 0.0625. The number of carbonyl (C=O) groups is 2. The molecule has 0 spiro atoms. The number of carbonyl (C=O) groups excluding carboxylic acids is 2. The van der Waals surface area contributed by atoms with Gasteiger partial charge in [-0.25, -0.2) is 9.78 Å². The van der Waals surface area contributed by atoms with E-state index in [2.05, 4.69) is 10.3 Å². The number of aromatic nitrogens is 1. The minimum absolute atomic E-state index is 0.0489. The van der Waals surface area contributed by atoms with Crippen LogP contribution in [0.3, 0.4) is 0 Å². The Kier molecular flexibility index (Phi) is 6.19. The first kappa shape index (κ1) is 18.1. The number of pyridine rings is 1. The van der Waals surface area contributed by atoms with Crippen LogP contribution in [0, 0.1) is 10.1 Å². The standard InChI is InChI=1S/C16H12ClN3O5/c17-12-4-7-14(18-9-12)19-15(21)10-25-16(22)8-3-11-1-5-13(6-2-11)20(23)24/h1-9H,10H2,(H,18,19,21)/b8-3+. The average Bonchev–Trinajstić information content (AvgIpc) is 2.60. The van der Waals surface area contributed by atoms with Gasteiger partial charge in [0, 0.05) is 24.4 Å². The van der Waals surface area contributed by atoms with Crippen LogP contribution < -0.4 is 5.32 Å². The molecular weight excluding hydrogens is 350 g/mol. The molecule has 0 unspecified atom stereocenters. The molecule has 1 aromatic heterocycles. The fourth-order valence-electron chi connectivity index (χ4n) is 1.68. The van der Waals surface area contributed by atoms with Crippen LogP contribution in [0.2, 0.25) is 5.02 Å². The number of nitrogens with zero attached hydrogens (tertiary/aromatic N) is 2. The molecule has 1 amide bonds. The second kappa shape index (κ2) is 8.55. The lowest BCUT2D eigenvalue weighted by Crippen LogP contribution is -2.20. The molecule has 2 rings (SSSR count). The lowest BCUT2D eigenvalue weighted by atomic mass is 10.2. The zero-order chi connectivity index (χ0) is 18.2. The lowest BCUT2D eigenvalue weighted by Gasteiger charge is -2.04. The van der Waals surface area contributed by atoms with Crippen molar-refractivity contribution in [1.29, 1.82) is 0 Å². The first-order valence-electron chi connectivity index (χ1n) is 6.95. The van der Waals surface area contributed by atoms with E-state index in [0.29, 0.717) is 10.6 Å². The summed E-state index contributed by atoms with van der Waals surface area (Å²) in [5.41, 5.74) is 0.532. The predicted molar refractivity (Wildman–Crippen MR) is 91.0 cm³/mol. The van der Waals surface area contributed by atoms with E-state index in [1.807, 2.05) is 0 Å². The van der Waals surface area contributed by atoms with Gasteiger partial charge in [-0.2, -0.15) is 0 Å². The van der Waals surface area contributed by atoms with Crippen LogP contribution in [-0.2, 0) is 14.3 Å². The van der Waals surface area contributed by atoms with Crippen molar-refractivity contribution >= 4 is 41.1 Å². The highest BCUT2D eigenvalue weighted by Crippen LogP contribution is 2.13. The molecule has 9 heteroatoms. The molecule has 128 valence electrons. The maximum absolute atomic E-state index is 11.6. The Morgan fingerprint density at radius 2 is 1.96 bits per heavy atom. The van der Waals surface area contributed by atoms with Gasteiger partial charge in [-0.15, -0.1) is 0 Å². The van der Waals surface area contributed by atoms with Gasteiger partial charge in [0.2, 0.25) is 0 Å². The first-order valence-corrected chi connectivity index (χ1v) is 7.32. The smallest absolute Gasteiger partial charge is 0.331 e. The highest BCUT2D eigenvalue weighted by atomic mass is 35.5. The maximum atomic E-state index is 11.6. The molecule has 0 aliphatic heterocycles. The van der Waals surface area contributed by atoms with Gasteiger partial charge in [0.1, 0.15) is 5.82 Å². The molecule has 0 saturated heterocycles. The van der Waals surface area contributed by atoms with E-state index in [4.69, 9.17) is 16.3 Å². The first-order chi connectivity index (χ1) is 11.9. The van der Waals surface area contributed by atoms with E-state index in [9.17, 15) is 19.7 Å². The number of amides is 1. The van der Waals surface area contributed by atoms with E-state index in [0.717, 1.165) is 6.08 Å². The van der Waals surface area contributed by atoms with Crippen molar-refractivity contribution in [1.82, 2.24) is 4.98 Å². The highest BCUT2D eigenvalue weighted by Gasteiger charge is 2.07. The molecule has 0 aliphatic rings. The Morgan fingerprint density at radius 3 is 2.56 bits per heavy atom. The zero-order valence-corrected chi connectivity index (χ0v) is 13.5. The molecule has 0 bridgehead atoms. The molecule has 1 heterocycles. The molecule has 1 N–H and O–H groups in total. The third-order valence-electron chi connectivity index (χ3n) is 2.86. The van der Waals surface area contributed by atoms with Gasteiger partial charge in [0.15, 0.2) is 6.61 Å². The number of benzene rings is 1. The van der Waals surface area contributed by atoms with Crippen LogP contribution in [0.4, 0.5) is 11.5 Å². The molecule has 2 aromatic rings. The van der Waals surface area contributed by atoms with E-state index in [1.54, 1.807) is 6.07 Å². The summed E-state index contributed by atoms with van der Waals surface area (Å²) < 4.78 is 4.78. The fourth-order valence-corrected chi connectivity index (χ4v) is 1.80. The van der Waals surface area contributed by atoms with Crippen molar-refractivity contribution in [3.63, 3.8) is 0 Å². The number of hydrogen-bond donors (Lipinski definition) is 1. The molecule has 0 radical (unpaired) electrons. The van der Waals surface area contributed by atoms with E-state index in [-0.39, 0.29) is 11.5 Å². The van der Waals surface area contributed by atoms with Crippen LogP contribution in [0.1, 0.15) is 5.56 Å². The van der Waals surface area contributed by atoms with Crippen molar-refractivity contribution in [2.45, 2.75) is 0 Å². The van der Waals surface area contributed by atoms with Crippen molar-refractivity contribution in [3.8, 4) is 0 Å². The number of non-ortho nitro benzene ring substituents is 1. The number of esters is 1. The molecule has 0 fully saturated rings. The van der Waals surface area contributed by atoms with Crippen LogP contribution in [0.5, 0.6) is 0 Å². The summed E-state index contributed by atoms with van der Waals surface area (Å²) in [6, 6.07) is 8.68. The van der Waals surface area contributed by atoms with Gasteiger partial charge in [-0.1, -0.05) is 11.6 Å². The second-order valence-electron chi connectivity index (χ2n) is 4.70. The van der Waals surface area contributed by atoms with Crippen molar-refractivity contribution in [3.05, 3.63) is 69.4 Å². The summed E-state index contributed by atoms with van der Waals surface area (Å²) in [4.78, 5) is 37.1. The van der Waals surface area contributed by atoms with Gasteiger partial charge in [-0.3, -0.25) is 14.9 Å². The predicted octanol–water partition coefficient (Wildman–Crippen LogP) is 2.84. The summed E-state index contributed by atoms with van der Waals surface area (Å²) >= 11 is 5.67. The maximum Gasteiger partial charge on any atom is 0.331 e. The summed E-state index contributed by atoms with van der Waals surface area (Å²) in [6.45, 7) is -0.478. The Labute approximate surface area is 147 Å². The number of anilines is 1. The molecule has 8 nitrogen and oxygen atoms in total. The van der Waals surface area contributed by atoms with Gasteiger partial charge >= 0.3 is 5.97 Å². The van der Waals surface area contributed by atoms with Gasteiger partial charge in [-0.05, 0) is 35.9 Å². The third kappa shape index (κ3) is 6.04. The quantitative estimate of drug-likeness (QED) is 0.366. The zero-order valence-electron chi connectivity index (χ0n) is 12.7. The summed E-state index contributed by atoms with van der Waals surface area (Å²) in [6.07, 6.45) is 3.91. The Balaban J connectivity index is 1.80. The van der Waals surface area contributed by atoms with E-state index >= 15 is 0 Å². The SMILES string of the molecule is O=C(COC(=O)/C=C/c1ccc([N+](=O)[O-])cc1)Nc1ccc(Cl)cn1. The van der Waals surface area contributed by atoms with Gasteiger partial charge in [0.05, 0.1) is 9.95 Å². The van der Waals surface area contributed by atoms with Crippen LogP contribution in [-0.4, -0.2) is 28.4 Å². The molecule has 0 saturated carbocycles.